The molecule has 0 heterocycles. The number of aliphatic carboxylic acids is 10. The zero-order chi connectivity index (χ0) is 43.4. The summed E-state index contributed by atoms with van der Waals surface area (Å²) in [5.41, 5.74) is -3.88. The second-order valence-corrected chi connectivity index (χ2v) is 13.3. The molecule has 24 heteroatoms. The van der Waals surface area contributed by atoms with Gasteiger partial charge in [-0.2, -0.15) is 0 Å². The molecule has 56 heavy (non-hydrogen) atoms. The van der Waals surface area contributed by atoms with Crippen molar-refractivity contribution in [2.45, 2.75) is 121 Å². The van der Waals surface area contributed by atoms with Crippen LogP contribution >= 0.6 is 0 Å². The molecule has 0 amide bonds. The molecule has 0 saturated carbocycles. The largest absolute Gasteiger partial charge is 1.00 e. The van der Waals surface area contributed by atoms with Crippen LogP contribution in [0.15, 0.2) is 0 Å². The van der Waals surface area contributed by atoms with Gasteiger partial charge in [0.15, 0.2) is 0 Å². The fourth-order valence-electron chi connectivity index (χ4n) is 2.10. The normalized spacial score (nSPS) is 9.61. The zero-order valence-corrected chi connectivity index (χ0v) is 43.1. The van der Waals surface area contributed by atoms with Gasteiger partial charge in [-0.05, 0) is 87.5 Å². The smallest absolute Gasteiger partial charge is 0.550 e. The number of rotatable bonds is 16. The van der Waals surface area contributed by atoms with E-state index in [1.54, 1.807) is 0 Å². The third-order valence-electron chi connectivity index (χ3n) is 6.14. The van der Waals surface area contributed by atoms with Gasteiger partial charge in [-0.1, -0.05) is 13.8 Å². The van der Waals surface area contributed by atoms with Crippen molar-refractivity contribution in [3.8, 4) is 0 Å². The summed E-state index contributed by atoms with van der Waals surface area (Å²) in [5.74, 6) is -10.4. The number of carboxylic acids is 10. The summed E-state index contributed by atoms with van der Waals surface area (Å²) in [7, 11) is 0. The quantitative estimate of drug-likeness (QED) is 0.0785. The summed E-state index contributed by atoms with van der Waals surface area (Å²) in [6.07, 6.45) is -0.0104. The fourth-order valence-corrected chi connectivity index (χ4v) is 2.10. The number of carbonyl (C=O) groups excluding carboxylic acids is 4. The molecule has 0 radical (unpaired) electrons. The van der Waals surface area contributed by atoms with E-state index >= 15 is 0 Å². The van der Waals surface area contributed by atoms with Crippen LogP contribution in [-0.2, 0) is 47.9 Å². The first kappa shape index (κ1) is 78.9. The van der Waals surface area contributed by atoms with Crippen LogP contribution in [0.2, 0.25) is 0 Å². The molecule has 0 aromatic carbocycles. The molecule has 0 aliphatic carbocycles. The Morgan fingerprint density at radius 1 is 0.375 bits per heavy atom. The van der Waals surface area contributed by atoms with Gasteiger partial charge >= 0.3 is 154 Å². The molecule has 20 nitrogen and oxygen atoms in total. The van der Waals surface area contributed by atoms with Crippen LogP contribution in [0.5, 0.6) is 0 Å². The Balaban J connectivity index is -0.0000000577. The zero-order valence-electron chi connectivity index (χ0n) is 35.1. The maximum Gasteiger partial charge on any atom is 1.00 e. The SMILES string of the molecule is CC(=O)[O-].CC(=O)[O-].CC(C)(CCC(=O)O)C(=O)O.CC(C)(CCC(=O)O)C(=O)O.CC(C)(CCC(=O)O)C(=O)O.CC(C)(CCC(=O)[O-])C(=O)[O-].[Na+].[Na+].[Na+].[Na+]. The number of carbonyl (C=O) groups is 10. The molecule has 0 fully saturated rings. The summed E-state index contributed by atoms with van der Waals surface area (Å²) in [6, 6.07) is 0. The van der Waals surface area contributed by atoms with E-state index in [0.717, 1.165) is 13.8 Å². The minimum Gasteiger partial charge on any atom is -0.550 e. The maximum atomic E-state index is 10.4. The molecule has 0 spiro atoms. The molecule has 0 atom stereocenters. The first-order chi connectivity index (χ1) is 22.9. The summed E-state index contributed by atoms with van der Waals surface area (Å²) >= 11 is 0. The first-order valence-corrected chi connectivity index (χ1v) is 15.0. The molecule has 6 N–H and O–H groups in total. The molecule has 0 aromatic heterocycles. The van der Waals surface area contributed by atoms with Gasteiger partial charge in [0.25, 0.3) is 0 Å². The predicted octanol–water partition coefficient (Wildman–Crippen LogP) is -13.3. The average molecular weight is 849 g/mol. The van der Waals surface area contributed by atoms with E-state index in [9.17, 15) is 48.6 Å². The van der Waals surface area contributed by atoms with Crippen LogP contribution in [0, 0.1) is 21.7 Å². The van der Waals surface area contributed by atoms with E-state index in [1.165, 1.54) is 55.4 Å². The molecule has 0 aliphatic heterocycles. The Hall–Kier alpha value is -1.30. The average Bonchev–Trinajstić information content (AvgIpc) is 2.93. The Labute approximate surface area is 414 Å². The van der Waals surface area contributed by atoms with Crippen LogP contribution in [0.3, 0.4) is 0 Å². The minimum atomic E-state index is -1.24. The van der Waals surface area contributed by atoms with Crippen molar-refractivity contribution < 1.29 is 217 Å². The molecule has 0 aromatic rings. The molecule has 0 bridgehead atoms. The number of hydrogen-bond acceptors (Lipinski definition) is 14. The summed E-state index contributed by atoms with van der Waals surface area (Å²) in [5, 5.41) is 88.5. The van der Waals surface area contributed by atoms with Gasteiger partial charge in [-0.3, -0.25) is 28.8 Å². The van der Waals surface area contributed by atoms with E-state index in [4.69, 9.17) is 50.4 Å². The van der Waals surface area contributed by atoms with E-state index in [0.29, 0.717) is 0 Å². The van der Waals surface area contributed by atoms with Crippen LogP contribution in [-0.4, -0.2) is 90.3 Å². The van der Waals surface area contributed by atoms with E-state index in [2.05, 4.69) is 0 Å². The van der Waals surface area contributed by atoms with Crippen molar-refractivity contribution in [1.82, 2.24) is 0 Å². The fraction of sp³-hybridized carbons (Fsp3) is 0.688. The Kier molecular flexibility index (Phi) is 57.1. The summed E-state index contributed by atoms with van der Waals surface area (Å²) in [4.78, 5) is 99.6. The predicted molar refractivity (Wildman–Crippen MR) is 169 cm³/mol. The second kappa shape index (κ2) is 40.5. The van der Waals surface area contributed by atoms with Gasteiger partial charge in [-0.25, -0.2) is 0 Å². The van der Waals surface area contributed by atoms with E-state index in [-0.39, 0.29) is 170 Å². The van der Waals surface area contributed by atoms with Crippen LogP contribution in [0.25, 0.3) is 0 Å². The number of hydrogen-bond donors (Lipinski definition) is 6. The molecule has 0 aliphatic rings. The number of carboxylic acid groups (broad SMARTS) is 10. The van der Waals surface area contributed by atoms with Crippen molar-refractivity contribution in [2.75, 3.05) is 0 Å². The first-order valence-electron chi connectivity index (χ1n) is 15.0. The van der Waals surface area contributed by atoms with E-state index < -0.39 is 81.4 Å². The van der Waals surface area contributed by atoms with Crippen molar-refractivity contribution >= 4 is 59.7 Å². The standard InChI is InChI=1S/4C7H12O4.2C2H4O2.4Na/c4*1-7(2,6(10)11)4-3-5(8)9;2*1-2(3)4;;;;/h4*3-4H2,1-2H3,(H,8,9)(H,10,11);2*1H3,(H,3,4);;;;/q;;;;;;4*+1/p-4. The van der Waals surface area contributed by atoms with Crippen LogP contribution in [0.4, 0.5) is 0 Å². The Bertz CT molecular complexity index is 1040. The third-order valence-corrected chi connectivity index (χ3v) is 6.14. The van der Waals surface area contributed by atoms with Gasteiger partial charge in [0.05, 0.1) is 16.2 Å². The molecule has 0 saturated heterocycles. The Morgan fingerprint density at radius 3 is 0.643 bits per heavy atom. The van der Waals surface area contributed by atoms with Gasteiger partial charge in [-0.15, -0.1) is 0 Å². The van der Waals surface area contributed by atoms with Gasteiger partial charge < -0.3 is 70.2 Å². The monoisotopic (exact) mass is 848 g/mol. The summed E-state index contributed by atoms with van der Waals surface area (Å²) in [6.45, 7) is 13.9. The Morgan fingerprint density at radius 2 is 0.536 bits per heavy atom. The molecule has 0 rings (SSSR count). The van der Waals surface area contributed by atoms with Crippen molar-refractivity contribution in [2.24, 2.45) is 21.7 Å². The van der Waals surface area contributed by atoms with Crippen LogP contribution in [0.1, 0.15) is 121 Å². The van der Waals surface area contributed by atoms with Crippen molar-refractivity contribution in [3.05, 3.63) is 0 Å². The molecule has 304 valence electrons. The van der Waals surface area contributed by atoms with Crippen molar-refractivity contribution in [1.29, 1.82) is 0 Å². The topological polar surface area (TPSA) is 384 Å². The van der Waals surface area contributed by atoms with Gasteiger partial charge in [0.2, 0.25) is 0 Å². The van der Waals surface area contributed by atoms with Crippen molar-refractivity contribution in [3.63, 3.8) is 0 Å². The minimum absolute atomic E-state index is 0. The maximum absolute atomic E-state index is 10.4. The van der Waals surface area contributed by atoms with Crippen LogP contribution < -0.4 is 139 Å². The third kappa shape index (κ3) is 64.6. The molecular formula is C32H52Na4O20. The molecule has 0 unspecified atom stereocenters. The van der Waals surface area contributed by atoms with Gasteiger partial charge in [0, 0.05) is 48.6 Å². The van der Waals surface area contributed by atoms with Gasteiger partial charge in [0.1, 0.15) is 0 Å². The second-order valence-electron chi connectivity index (χ2n) is 13.3. The van der Waals surface area contributed by atoms with E-state index in [1.807, 2.05) is 0 Å². The summed E-state index contributed by atoms with van der Waals surface area (Å²) < 4.78 is 0. The molecular weight excluding hydrogens is 796 g/mol.